The SMILES string of the molecule is COC(=O)C(C)CCC[C@@H](C)C1(C)CC[C@H]2[C@]3(C)[C@H](OC)C=C4CC(C)CC[C@]4(C)[C@H]3CC[C@@]21C. The number of hydrogen-bond donors (Lipinski definition) is 0. The van der Waals surface area contributed by atoms with Gasteiger partial charge in [-0.1, -0.05) is 73.0 Å². The van der Waals surface area contributed by atoms with E-state index in [4.69, 9.17) is 9.47 Å². The lowest BCUT2D eigenvalue weighted by Gasteiger charge is -2.66. The predicted molar refractivity (Wildman–Crippen MR) is 144 cm³/mol. The number of hydrogen-bond acceptors (Lipinski definition) is 3. The van der Waals surface area contributed by atoms with Crippen LogP contribution in [0.15, 0.2) is 11.6 Å². The lowest BCUT2D eigenvalue weighted by atomic mass is 9.39. The van der Waals surface area contributed by atoms with Crippen LogP contribution in [-0.2, 0) is 14.3 Å². The van der Waals surface area contributed by atoms with Gasteiger partial charge >= 0.3 is 5.97 Å². The highest BCUT2D eigenvalue weighted by atomic mass is 16.5. The molecule has 35 heavy (non-hydrogen) atoms. The molecule has 3 fully saturated rings. The van der Waals surface area contributed by atoms with Gasteiger partial charge < -0.3 is 9.47 Å². The summed E-state index contributed by atoms with van der Waals surface area (Å²) in [6, 6.07) is 0. The van der Waals surface area contributed by atoms with E-state index >= 15 is 0 Å². The lowest BCUT2D eigenvalue weighted by molar-refractivity contribution is -0.179. The zero-order chi connectivity index (χ0) is 25.8. The van der Waals surface area contributed by atoms with E-state index in [0.717, 1.165) is 24.7 Å². The summed E-state index contributed by atoms with van der Waals surface area (Å²) < 4.78 is 11.3. The minimum Gasteiger partial charge on any atom is -0.469 e. The van der Waals surface area contributed by atoms with Crippen LogP contribution in [0.3, 0.4) is 0 Å². The van der Waals surface area contributed by atoms with Crippen molar-refractivity contribution in [2.45, 2.75) is 119 Å². The fourth-order valence-corrected chi connectivity index (χ4v) is 10.2. The molecule has 3 nitrogen and oxygen atoms in total. The first kappa shape index (κ1) is 27.2. The smallest absolute Gasteiger partial charge is 0.308 e. The Morgan fingerprint density at radius 2 is 1.69 bits per heavy atom. The van der Waals surface area contributed by atoms with Crippen LogP contribution in [0.4, 0.5) is 0 Å². The summed E-state index contributed by atoms with van der Waals surface area (Å²) in [5, 5.41) is 0. The summed E-state index contributed by atoms with van der Waals surface area (Å²) in [6.07, 6.45) is 15.4. The Morgan fingerprint density at radius 1 is 1.00 bits per heavy atom. The predicted octanol–water partition coefficient (Wildman–Crippen LogP) is 8.22. The van der Waals surface area contributed by atoms with Crippen LogP contribution in [0.1, 0.15) is 113 Å². The second-order valence-electron chi connectivity index (χ2n) is 14.3. The maximum Gasteiger partial charge on any atom is 0.308 e. The quantitative estimate of drug-likeness (QED) is 0.268. The molecule has 0 saturated heterocycles. The van der Waals surface area contributed by atoms with Crippen LogP contribution < -0.4 is 0 Å². The Hall–Kier alpha value is -0.830. The van der Waals surface area contributed by atoms with E-state index in [9.17, 15) is 4.79 Å². The molecule has 0 aromatic carbocycles. The number of carbonyl (C=O) groups is 1. The highest BCUT2D eigenvalue weighted by Crippen LogP contribution is 2.75. The molecule has 3 unspecified atom stereocenters. The van der Waals surface area contributed by atoms with Crippen molar-refractivity contribution in [1.82, 2.24) is 0 Å². The summed E-state index contributed by atoms with van der Waals surface area (Å²) in [5.41, 5.74) is 2.95. The number of methoxy groups -OCH3 is 2. The van der Waals surface area contributed by atoms with E-state index in [1.54, 1.807) is 5.57 Å². The number of ether oxygens (including phenoxy) is 2. The van der Waals surface area contributed by atoms with Crippen molar-refractivity contribution in [3.63, 3.8) is 0 Å². The molecule has 3 saturated carbocycles. The van der Waals surface area contributed by atoms with Gasteiger partial charge in [0.15, 0.2) is 0 Å². The van der Waals surface area contributed by atoms with E-state index in [1.165, 1.54) is 58.5 Å². The molecule has 0 aromatic heterocycles. The Balaban J connectivity index is 1.59. The molecule has 0 bridgehead atoms. The molecule has 10 atom stereocenters. The van der Waals surface area contributed by atoms with Gasteiger partial charge in [0.2, 0.25) is 0 Å². The Morgan fingerprint density at radius 3 is 2.34 bits per heavy atom. The maximum atomic E-state index is 11.9. The largest absolute Gasteiger partial charge is 0.469 e. The van der Waals surface area contributed by atoms with Gasteiger partial charge in [-0.15, -0.1) is 0 Å². The van der Waals surface area contributed by atoms with Crippen molar-refractivity contribution in [3.8, 4) is 0 Å². The van der Waals surface area contributed by atoms with Gasteiger partial charge in [-0.2, -0.15) is 0 Å². The summed E-state index contributed by atoms with van der Waals surface area (Å²) in [5.74, 6) is 2.83. The van der Waals surface area contributed by atoms with Crippen LogP contribution in [0.5, 0.6) is 0 Å². The number of allylic oxidation sites excluding steroid dienone is 1. The summed E-state index contributed by atoms with van der Waals surface area (Å²) in [7, 11) is 3.47. The van der Waals surface area contributed by atoms with Gasteiger partial charge in [0.1, 0.15) is 0 Å². The molecular formula is C32H54O3. The van der Waals surface area contributed by atoms with E-state index in [0.29, 0.717) is 28.1 Å². The van der Waals surface area contributed by atoms with Gasteiger partial charge in [0, 0.05) is 12.5 Å². The van der Waals surface area contributed by atoms with Crippen molar-refractivity contribution >= 4 is 5.97 Å². The zero-order valence-corrected chi connectivity index (χ0v) is 24.3. The van der Waals surface area contributed by atoms with Crippen LogP contribution in [0, 0.1) is 51.2 Å². The van der Waals surface area contributed by atoms with E-state index in [2.05, 4.69) is 47.6 Å². The fourth-order valence-electron chi connectivity index (χ4n) is 10.2. The third-order valence-electron chi connectivity index (χ3n) is 12.9. The molecule has 4 aliphatic carbocycles. The number of fused-ring (bicyclic) bond motifs is 5. The molecule has 0 heterocycles. The molecule has 0 aliphatic heterocycles. The lowest BCUT2D eigenvalue weighted by Crippen LogP contribution is -2.62. The molecule has 4 rings (SSSR count). The number of carbonyl (C=O) groups excluding carboxylic acids is 1. The van der Waals surface area contributed by atoms with Crippen LogP contribution in [-0.4, -0.2) is 26.3 Å². The van der Waals surface area contributed by atoms with Crippen LogP contribution >= 0.6 is 0 Å². The highest BCUT2D eigenvalue weighted by Gasteiger charge is 2.69. The Kier molecular flexibility index (Phi) is 7.37. The second kappa shape index (κ2) is 9.48. The molecule has 0 radical (unpaired) electrons. The van der Waals surface area contributed by atoms with Crippen molar-refractivity contribution in [2.75, 3.05) is 14.2 Å². The first-order valence-corrected chi connectivity index (χ1v) is 14.7. The zero-order valence-electron chi connectivity index (χ0n) is 24.3. The molecule has 3 heteroatoms. The third kappa shape index (κ3) is 3.96. The van der Waals surface area contributed by atoms with E-state index in [1.807, 2.05) is 14.0 Å². The van der Waals surface area contributed by atoms with Crippen molar-refractivity contribution < 1.29 is 14.3 Å². The summed E-state index contributed by atoms with van der Waals surface area (Å²) in [6.45, 7) is 17.4. The highest BCUT2D eigenvalue weighted by molar-refractivity contribution is 5.71. The van der Waals surface area contributed by atoms with Gasteiger partial charge in [-0.3, -0.25) is 4.79 Å². The average molecular weight is 487 g/mol. The second-order valence-corrected chi connectivity index (χ2v) is 14.3. The normalized spacial score (nSPS) is 46.6. The van der Waals surface area contributed by atoms with Crippen molar-refractivity contribution in [3.05, 3.63) is 11.6 Å². The molecule has 0 spiro atoms. The van der Waals surface area contributed by atoms with Crippen molar-refractivity contribution in [1.29, 1.82) is 0 Å². The fraction of sp³-hybridized carbons (Fsp3) is 0.906. The molecule has 0 N–H and O–H groups in total. The van der Waals surface area contributed by atoms with E-state index in [-0.39, 0.29) is 23.4 Å². The van der Waals surface area contributed by atoms with Crippen molar-refractivity contribution in [2.24, 2.45) is 51.2 Å². The monoisotopic (exact) mass is 486 g/mol. The molecule has 4 aliphatic rings. The number of esters is 1. The van der Waals surface area contributed by atoms with Crippen LogP contribution in [0.25, 0.3) is 0 Å². The minimum absolute atomic E-state index is 0.00547. The molecule has 200 valence electrons. The molecular weight excluding hydrogens is 432 g/mol. The Bertz CT molecular complexity index is 833. The van der Waals surface area contributed by atoms with Gasteiger partial charge in [0.05, 0.1) is 19.1 Å². The maximum absolute atomic E-state index is 11.9. The average Bonchev–Trinajstić information content (AvgIpc) is 3.11. The van der Waals surface area contributed by atoms with Crippen LogP contribution in [0.2, 0.25) is 0 Å². The summed E-state index contributed by atoms with van der Waals surface area (Å²) >= 11 is 0. The minimum atomic E-state index is -0.0658. The van der Waals surface area contributed by atoms with E-state index < -0.39 is 0 Å². The standard InChI is InChI=1S/C32H54O3/c1-21-13-16-29(4)24(19-21)20-27(34-8)32(7)25(29)14-18-31(6)26(32)15-17-30(31,5)23(3)12-10-11-22(2)28(33)35-9/h20-23,25-27H,10-19H2,1-9H3/t21?,22?,23-,25-,26-,27-,29+,30?,31+,32-/m1/s1. The molecule has 0 amide bonds. The van der Waals surface area contributed by atoms with Gasteiger partial charge in [-0.05, 0) is 91.3 Å². The summed E-state index contributed by atoms with van der Waals surface area (Å²) in [4.78, 5) is 11.9. The Labute approximate surface area is 216 Å². The van der Waals surface area contributed by atoms with Gasteiger partial charge in [-0.25, -0.2) is 0 Å². The first-order chi connectivity index (χ1) is 16.4. The number of rotatable bonds is 7. The third-order valence-corrected chi connectivity index (χ3v) is 12.9. The van der Waals surface area contributed by atoms with Gasteiger partial charge in [0.25, 0.3) is 0 Å². The topological polar surface area (TPSA) is 35.5 Å². The first-order valence-electron chi connectivity index (χ1n) is 14.7. The molecule has 0 aromatic rings.